The highest BCUT2D eigenvalue weighted by molar-refractivity contribution is 7.14. The van der Waals surface area contributed by atoms with Gasteiger partial charge >= 0.3 is 0 Å². The fourth-order valence-electron chi connectivity index (χ4n) is 2.24. The molecule has 0 aliphatic carbocycles. The SMILES string of the molecule is Cc1ccccc1CNC(=O)Cc1csc(NC(=O)c2cccs2)n1. The second-order valence-electron chi connectivity index (χ2n) is 5.46. The Labute approximate surface area is 153 Å². The summed E-state index contributed by atoms with van der Waals surface area (Å²) in [6, 6.07) is 11.5. The lowest BCUT2D eigenvalue weighted by Crippen LogP contribution is -2.25. The van der Waals surface area contributed by atoms with Gasteiger partial charge in [-0.1, -0.05) is 30.3 Å². The van der Waals surface area contributed by atoms with Crippen molar-refractivity contribution in [1.29, 1.82) is 0 Å². The van der Waals surface area contributed by atoms with Crippen LogP contribution in [0.15, 0.2) is 47.2 Å². The number of carbonyl (C=O) groups excluding carboxylic acids is 2. The molecule has 0 radical (unpaired) electrons. The molecule has 3 aromatic rings. The number of rotatable bonds is 6. The molecule has 0 bridgehead atoms. The van der Waals surface area contributed by atoms with E-state index in [-0.39, 0.29) is 18.2 Å². The summed E-state index contributed by atoms with van der Waals surface area (Å²) in [6.45, 7) is 2.52. The van der Waals surface area contributed by atoms with Crippen molar-refractivity contribution in [1.82, 2.24) is 10.3 Å². The number of thiophene rings is 1. The van der Waals surface area contributed by atoms with Crippen molar-refractivity contribution in [3.8, 4) is 0 Å². The predicted octanol–water partition coefficient (Wildman–Crippen LogP) is 3.62. The maximum Gasteiger partial charge on any atom is 0.267 e. The van der Waals surface area contributed by atoms with Crippen LogP contribution in [0.4, 0.5) is 5.13 Å². The molecule has 5 nitrogen and oxygen atoms in total. The van der Waals surface area contributed by atoms with Crippen molar-refractivity contribution in [2.45, 2.75) is 19.9 Å². The monoisotopic (exact) mass is 371 g/mol. The van der Waals surface area contributed by atoms with Crippen molar-refractivity contribution in [2.24, 2.45) is 0 Å². The molecular weight excluding hydrogens is 354 g/mol. The average molecular weight is 371 g/mol. The zero-order chi connectivity index (χ0) is 17.6. The summed E-state index contributed by atoms with van der Waals surface area (Å²) in [5, 5.41) is 9.79. The highest BCUT2D eigenvalue weighted by atomic mass is 32.1. The molecule has 0 saturated heterocycles. The van der Waals surface area contributed by atoms with E-state index >= 15 is 0 Å². The van der Waals surface area contributed by atoms with E-state index in [1.54, 1.807) is 11.4 Å². The Balaban J connectivity index is 1.51. The summed E-state index contributed by atoms with van der Waals surface area (Å²) in [7, 11) is 0. The number of thiazole rings is 1. The van der Waals surface area contributed by atoms with Crippen LogP contribution in [-0.4, -0.2) is 16.8 Å². The van der Waals surface area contributed by atoms with E-state index < -0.39 is 0 Å². The standard InChI is InChI=1S/C18H17N3O2S2/c1-12-5-2-3-6-13(12)10-19-16(22)9-14-11-25-18(20-14)21-17(23)15-7-4-8-24-15/h2-8,11H,9-10H2,1H3,(H,19,22)(H,20,21,23). The van der Waals surface area contributed by atoms with Crippen molar-refractivity contribution < 1.29 is 9.59 Å². The first-order chi connectivity index (χ1) is 12.1. The van der Waals surface area contributed by atoms with Gasteiger partial charge in [-0.2, -0.15) is 0 Å². The number of nitrogens with one attached hydrogen (secondary N) is 2. The first kappa shape index (κ1) is 17.3. The van der Waals surface area contributed by atoms with E-state index in [0.717, 1.165) is 11.1 Å². The summed E-state index contributed by atoms with van der Waals surface area (Å²) in [5.74, 6) is -0.274. The average Bonchev–Trinajstić information content (AvgIpc) is 3.26. The number of anilines is 1. The summed E-state index contributed by atoms with van der Waals surface area (Å²) in [4.78, 5) is 29.0. The zero-order valence-corrected chi connectivity index (χ0v) is 15.2. The van der Waals surface area contributed by atoms with E-state index in [1.165, 1.54) is 22.7 Å². The molecule has 2 amide bonds. The Morgan fingerprint density at radius 2 is 1.96 bits per heavy atom. The van der Waals surface area contributed by atoms with Crippen LogP contribution in [0.25, 0.3) is 0 Å². The first-order valence-electron chi connectivity index (χ1n) is 7.72. The Bertz CT molecular complexity index is 872. The van der Waals surface area contributed by atoms with Gasteiger partial charge in [-0.15, -0.1) is 22.7 Å². The third-order valence-corrected chi connectivity index (χ3v) is 5.27. The van der Waals surface area contributed by atoms with Crippen LogP contribution in [0.1, 0.15) is 26.5 Å². The van der Waals surface area contributed by atoms with Crippen molar-refractivity contribution in [2.75, 3.05) is 5.32 Å². The van der Waals surface area contributed by atoms with Crippen LogP contribution in [0.2, 0.25) is 0 Å². The van der Waals surface area contributed by atoms with Gasteiger partial charge in [0.15, 0.2) is 5.13 Å². The lowest BCUT2D eigenvalue weighted by molar-refractivity contribution is -0.120. The summed E-state index contributed by atoms with van der Waals surface area (Å²) in [5.41, 5.74) is 2.89. The van der Waals surface area contributed by atoms with Gasteiger partial charge in [0.1, 0.15) is 0 Å². The molecule has 0 fully saturated rings. The highest BCUT2D eigenvalue weighted by Gasteiger charge is 2.12. The van der Waals surface area contributed by atoms with Gasteiger partial charge in [0.25, 0.3) is 5.91 Å². The summed E-state index contributed by atoms with van der Waals surface area (Å²) in [6.07, 6.45) is 0.192. The number of hydrogen-bond acceptors (Lipinski definition) is 5. The van der Waals surface area contributed by atoms with Crippen LogP contribution >= 0.6 is 22.7 Å². The maximum atomic E-state index is 12.1. The molecule has 0 aliphatic heterocycles. The Hall–Kier alpha value is -2.51. The molecular formula is C18H17N3O2S2. The second-order valence-corrected chi connectivity index (χ2v) is 7.26. The van der Waals surface area contributed by atoms with E-state index in [2.05, 4.69) is 15.6 Å². The number of hydrogen-bond donors (Lipinski definition) is 2. The fraction of sp³-hybridized carbons (Fsp3) is 0.167. The number of nitrogens with zero attached hydrogens (tertiary/aromatic N) is 1. The molecule has 2 N–H and O–H groups in total. The van der Waals surface area contributed by atoms with Gasteiger partial charge in [0.05, 0.1) is 17.0 Å². The topological polar surface area (TPSA) is 71.1 Å². The van der Waals surface area contributed by atoms with Gasteiger partial charge in [-0.05, 0) is 29.5 Å². The molecule has 0 unspecified atom stereocenters. The molecule has 2 heterocycles. The Morgan fingerprint density at radius 1 is 1.12 bits per heavy atom. The fourth-order valence-corrected chi connectivity index (χ4v) is 3.57. The van der Waals surface area contributed by atoms with Crippen LogP contribution in [0.3, 0.4) is 0 Å². The highest BCUT2D eigenvalue weighted by Crippen LogP contribution is 2.18. The Morgan fingerprint density at radius 3 is 2.72 bits per heavy atom. The van der Waals surface area contributed by atoms with Crippen molar-refractivity contribution >= 4 is 39.6 Å². The molecule has 1 aromatic carbocycles. The van der Waals surface area contributed by atoms with Crippen molar-refractivity contribution in [3.63, 3.8) is 0 Å². The summed E-state index contributed by atoms with van der Waals surface area (Å²) >= 11 is 2.69. The first-order valence-corrected chi connectivity index (χ1v) is 9.48. The smallest absolute Gasteiger partial charge is 0.267 e. The minimum absolute atomic E-state index is 0.0929. The minimum atomic E-state index is -0.181. The van der Waals surface area contributed by atoms with Gasteiger partial charge in [0, 0.05) is 11.9 Å². The number of aromatic nitrogens is 1. The third-order valence-electron chi connectivity index (χ3n) is 3.60. The molecule has 3 rings (SSSR count). The van der Waals surface area contributed by atoms with E-state index in [0.29, 0.717) is 22.2 Å². The molecule has 25 heavy (non-hydrogen) atoms. The van der Waals surface area contributed by atoms with Crippen LogP contribution in [0, 0.1) is 6.92 Å². The second kappa shape index (κ2) is 8.04. The van der Waals surface area contributed by atoms with Gasteiger partial charge in [-0.25, -0.2) is 4.98 Å². The van der Waals surface area contributed by atoms with Crippen LogP contribution in [0.5, 0.6) is 0 Å². The molecule has 0 spiro atoms. The largest absolute Gasteiger partial charge is 0.352 e. The maximum absolute atomic E-state index is 12.1. The quantitative estimate of drug-likeness (QED) is 0.695. The number of benzene rings is 1. The van der Waals surface area contributed by atoms with Gasteiger partial charge in [0.2, 0.25) is 5.91 Å². The number of aryl methyl sites for hydroxylation is 1. The van der Waals surface area contributed by atoms with Crippen LogP contribution in [-0.2, 0) is 17.8 Å². The molecule has 0 atom stereocenters. The molecule has 2 aromatic heterocycles. The van der Waals surface area contributed by atoms with E-state index in [4.69, 9.17) is 0 Å². The minimum Gasteiger partial charge on any atom is -0.352 e. The zero-order valence-electron chi connectivity index (χ0n) is 13.6. The lowest BCUT2D eigenvalue weighted by Gasteiger charge is -2.07. The normalized spacial score (nSPS) is 10.4. The summed E-state index contributed by atoms with van der Waals surface area (Å²) < 4.78 is 0. The molecule has 0 saturated carbocycles. The molecule has 0 aliphatic rings. The van der Waals surface area contributed by atoms with E-state index in [9.17, 15) is 9.59 Å². The van der Waals surface area contributed by atoms with Crippen LogP contribution < -0.4 is 10.6 Å². The lowest BCUT2D eigenvalue weighted by atomic mass is 10.1. The predicted molar refractivity (Wildman–Crippen MR) is 101 cm³/mol. The third kappa shape index (κ3) is 4.74. The number of carbonyl (C=O) groups is 2. The molecule has 7 heteroatoms. The van der Waals surface area contributed by atoms with E-state index in [1.807, 2.05) is 42.6 Å². The molecule has 128 valence electrons. The number of amides is 2. The van der Waals surface area contributed by atoms with Gasteiger partial charge in [-0.3, -0.25) is 14.9 Å². The Kier molecular flexibility index (Phi) is 5.57. The van der Waals surface area contributed by atoms with Crippen molar-refractivity contribution in [3.05, 3.63) is 68.9 Å². The van der Waals surface area contributed by atoms with Gasteiger partial charge < -0.3 is 5.32 Å².